The zero-order valence-corrected chi connectivity index (χ0v) is 12.8. The van der Waals surface area contributed by atoms with Gasteiger partial charge in [-0.2, -0.15) is 0 Å². The van der Waals surface area contributed by atoms with Gasteiger partial charge in [-0.3, -0.25) is 4.79 Å². The van der Waals surface area contributed by atoms with Crippen molar-refractivity contribution in [3.05, 3.63) is 36.9 Å². The third-order valence-electron chi connectivity index (χ3n) is 3.87. The molecule has 0 saturated carbocycles. The van der Waals surface area contributed by atoms with Gasteiger partial charge >= 0.3 is 0 Å². The second kappa shape index (κ2) is 7.84. The highest BCUT2D eigenvalue weighted by Crippen LogP contribution is 2.24. The minimum atomic E-state index is -0.0311. The van der Waals surface area contributed by atoms with Gasteiger partial charge in [0.1, 0.15) is 0 Å². The molecule has 1 aromatic rings. The van der Waals surface area contributed by atoms with E-state index in [0.717, 1.165) is 24.7 Å². The number of benzene rings is 1. The lowest BCUT2D eigenvalue weighted by Crippen LogP contribution is -2.32. The Bertz CT molecular complexity index is 461. The molecule has 4 heteroatoms. The van der Waals surface area contributed by atoms with Crippen molar-refractivity contribution in [3.63, 3.8) is 0 Å². The van der Waals surface area contributed by atoms with Crippen LogP contribution in [0, 0.1) is 5.92 Å². The molecule has 1 aromatic carbocycles. The molecule has 1 fully saturated rings. The van der Waals surface area contributed by atoms with Crippen LogP contribution in [0.3, 0.4) is 0 Å². The molecule has 1 aliphatic rings. The van der Waals surface area contributed by atoms with E-state index in [1.807, 2.05) is 12.1 Å². The van der Waals surface area contributed by atoms with Crippen molar-refractivity contribution >= 4 is 17.3 Å². The molecule has 114 valence electrons. The molecule has 0 aromatic heterocycles. The van der Waals surface area contributed by atoms with Gasteiger partial charge in [0, 0.05) is 31.0 Å². The summed E-state index contributed by atoms with van der Waals surface area (Å²) >= 11 is 0. The van der Waals surface area contributed by atoms with Gasteiger partial charge < -0.3 is 15.5 Å². The third kappa shape index (κ3) is 4.90. The smallest absolute Gasteiger partial charge is 0.238 e. The number of hydrogen-bond donors (Lipinski definition) is 2. The summed E-state index contributed by atoms with van der Waals surface area (Å²) in [5, 5.41) is 5.87. The monoisotopic (exact) mass is 287 g/mol. The highest BCUT2D eigenvalue weighted by atomic mass is 16.1. The van der Waals surface area contributed by atoms with Crippen molar-refractivity contribution in [1.82, 2.24) is 5.32 Å². The number of carbonyl (C=O) groups is 1. The van der Waals surface area contributed by atoms with E-state index < -0.39 is 0 Å². The summed E-state index contributed by atoms with van der Waals surface area (Å²) in [5.74, 6) is 0.805. The highest BCUT2D eigenvalue weighted by Gasteiger charge is 2.15. The normalized spacial score (nSPS) is 15.8. The molecule has 0 spiro atoms. The van der Waals surface area contributed by atoms with Gasteiger partial charge in [-0.25, -0.2) is 0 Å². The van der Waals surface area contributed by atoms with E-state index in [1.54, 1.807) is 6.08 Å². The van der Waals surface area contributed by atoms with E-state index in [2.05, 4.69) is 41.2 Å². The fourth-order valence-electron chi connectivity index (χ4n) is 2.52. The molecule has 0 aliphatic carbocycles. The number of carbonyl (C=O) groups excluding carboxylic acids is 1. The lowest BCUT2D eigenvalue weighted by Gasteiger charge is -2.32. The molecule has 4 nitrogen and oxygen atoms in total. The third-order valence-corrected chi connectivity index (χ3v) is 3.87. The van der Waals surface area contributed by atoms with Crippen LogP contribution in [0.5, 0.6) is 0 Å². The molecule has 2 N–H and O–H groups in total. The zero-order valence-electron chi connectivity index (χ0n) is 12.8. The quantitative estimate of drug-likeness (QED) is 0.624. The average molecular weight is 287 g/mol. The van der Waals surface area contributed by atoms with Crippen LogP contribution in [0.1, 0.15) is 19.8 Å². The van der Waals surface area contributed by atoms with E-state index in [4.69, 9.17) is 0 Å². The van der Waals surface area contributed by atoms with Crippen LogP contribution in [0.15, 0.2) is 36.9 Å². The molecule has 2 rings (SSSR count). The van der Waals surface area contributed by atoms with Crippen LogP contribution in [0.4, 0.5) is 11.4 Å². The summed E-state index contributed by atoms with van der Waals surface area (Å²) in [6, 6.07) is 8.11. The van der Waals surface area contributed by atoms with Gasteiger partial charge in [-0.15, -0.1) is 6.58 Å². The fraction of sp³-hybridized carbons (Fsp3) is 0.471. The van der Waals surface area contributed by atoms with Gasteiger partial charge in [-0.05, 0) is 43.0 Å². The Hall–Kier alpha value is -1.81. The predicted molar refractivity (Wildman–Crippen MR) is 88.7 cm³/mol. The summed E-state index contributed by atoms with van der Waals surface area (Å²) in [6.45, 7) is 9.11. The lowest BCUT2D eigenvalue weighted by atomic mass is 9.99. The summed E-state index contributed by atoms with van der Waals surface area (Å²) in [7, 11) is 0. The number of amides is 1. The number of nitrogens with zero attached hydrogens (tertiary/aromatic N) is 1. The first kappa shape index (κ1) is 15.6. The van der Waals surface area contributed by atoms with Crippen LogP contribution >= 0.6 is 0 Å². The zero-order chi connectivity index (χ0) is 15.1. The Morgan fingerprint density at radius 1 is 1.33 bits per heavy atom. The van der Waals surface area contributed by atoms with Crippen molar-refractivity contribution in [3.8, 4) is 0 Å². The number of nitrogens with one attached hydrogen (secondary N) is 2. The number of anilines is 2. The van der Waals surface area contributed by atoms with Crippen molar-refractivity contribution in [2.75, 3.05) is 36.4 Å². The maximum absolute atomic E-state index is 11.7. The Morgan fingerprint density at radius 3 is 2.62 bits per heavy atom. The van der Waals surface area contributed by atoms with Crippen molar-refractivity contribution in [1.29, 1.82) is 0 Å². The van der Waals surface area contributed by atoms with Gasteiger partial charge in [0.25, 0.3) is 0 Å². The molecule has 0 atom stereocenters. The largest absolute Gasteiger partial charge is 0.372 e. The number of hydrogen-bond acceptors (Lipinski definition) is 3. The second-order valence-electron chi connectivity index (χ2n) is 5.68. The highest BCUT2D eigenvalue weighted by molar-refractivity contribution is 5.92. The van der Waals surface area contributed by atoms with Gasteiger partial charge in [-0.1, -0.05) is 13.0 Å². The van der Waals surface area contributed by atoms with Crippen LogP contribution in [0.2, 0.25) is 0 Å². The fourth-order valence-corrected chi connectivity index (χ4v) is 2.52. The minimum Gasteiger partial charge on any atom is -0.372 e. The topological polar surface area (TPSA) is 44.4 Å². The van der Waals surface area contributed by atoms with Gasteiger partial charge in [0.15, 0.2) is 0 Å². The van der Waals surface area contributed by atoms with E-state index in [1.165, 1.54) is 18.5 Å². The Morgan fingerprint density at radius 2 is 2.00 bits per heavy atom. The first-order valence-corrected chi connectivity index (χ1v) is 7.65. The molecule has 1 amide bonds. The average Bonchev–Trinajstić information content (AvgIpc) is 2.49. The SMILES string of the molecule is C=CCNCC(=O)Nc1ccc(N2CCC(C)CC2)cc1. The number of rotatable bonds is 6. The van der Waals surface area contributed by atoms with E-state index in [0.29, 0.717) is 13.1 Å². The Kier molecular flexibility index (Phi) is 5.81. The summed E-state index contributed by atoms with van der Waals surface area (Å²) in [5.41, 5.74) is 2.08. The summed E-state index contributed by atoms with van der Waals surface area (Å²) < 4.78 is 0. The second-order valence-corrected chi connectivity index (χ2v) is 5.68. The summed E-state index contributed by atoms with van der Waals surface area (Å²) in [4.78, 5) is 14.1. The van der Waals surface area contributed by atoms with E-state index >= 15 is 0 Å². The molecule has 1 aliphatic heterocycles. The Balaban J connectivity index is 1.84. The molecule has 0 unspecified atom stereocenters. The van der Waals surface area contributed by atoms with Gasteiger partial charge in [0.2, 0.25) is 5.91 Å². The first-order valence-electron chi connectivity index (χ1n) is 7.65. The molecular formula is C17H25N3O. The van der Waals surface area contributed by atoms with Crippen molar-refractivity contribution in [2.45, 2.75) is 19.8 Å². The molecule has 0 radical (unpaired) electrons. The van der Waals surface area contributed by atoms with Crippen molar-refractivity contribution < 1.29 is 4.79 Å². The number of piperidine rings is 1. The maximum Gasteiger partial charge on any atom is 0.238 e. The minimum absolute atomic E-state index is 0.0311. The lowest BCUT2D eigenvalue weighted by molar-refractivity contribution is -0.115. The molecule has 1 heterocycles. The molecular weight excluding hydrogens is 262 g/mol. The maximum atomic E-state index is 11.7. The van der Waals surface area contributed by atoms with Crippen LogP contribution in [-0.4, -0.2) is 32.1 Å². The molecule has 0 bridgehead atoms. The van der Waals surface area contributed by atoms with Crippen molar-refractivity contribution in [2.24, 2.45) is 5.92 Å². The summed E-state index contributed by atoms with van der Waals surface area (Å²) in [6.07, 6.45) is 4.25. The molecule has 1 saturated heterocycles. The van der Waals surface area contributed by atoms with Crippen LogP contribution in [-0.2, 0) is 4.79 Å². The Labute approximate surface area is 127 Å². The van der Waals surface area contributed by atoms with E-state index in [9.17, 15) is 4.79 Å². The van der Waals surface area contributed by atoms with Gasteiger partial charge in [0.05, 0.1) is 6.54 Å². The predicted octanol–water partition coefficient (Wildman–Crippen LogP) is 2.64. The van der Waals surface area contributed by atoms with Crippen LogP contribution in [0.25, 0.3) is 0 Å². The first-order chi connectivity index (χ1) is 10.2. The van der Waals surface area contributed by atoms with E-state index in [-0.39, 0.29) is 5.91 Å². The van der Waals surface area contributed by atoms with Crippen LogP contribution < -0.4 is 15.5 Å². The standard InChI is InChI=1S/C17H25N3O/c1-3-10-18-13-17(21)19-15-4-6-16(7-5-15)20-11-8-14(2)9-12-20/h3-7,14,18H,1,8-13H2,2H3,(H,19,21). The molecule has 21 heavy (non-hydrogen) atoms.